The van der Waals surface area contributed by atoms with Gasteiger partial charge in [-0.2, -0.15) is 0 Å². The molecule has 4 nitrogen and oxygen atoms in total. The van der Waals surface area contributed by atoms with Crippen molar-refractivity contribution in [2.45, 2.75) is 50.8 Å². The van der Waals surface area contributed by atoms with Gasteiger partial charge in [0.25, 0.3) is 0 Å². The zero-order valence-corrected chi connectivity index (χ0v) is 12.8. The van der Waals surface area contributed by atoms with Gasteiger partial charge in [0.2, 0.25) is 0 Å². The summed E-state index contributed by atoms with van der Waals surface area (Å²) < 4.78 is 10.8. The molecule has 0 saturated carbocycles. The lowest BCUT2D eigenvalue weighted by atomic mass is 10.0. The van der Waals surface area contributed by atoms with Crippen LogP contribution in [-0.2, 0) is 19.1 Å². The highest BCUT2D eigenvalue weighted by Crippen LogP contribution is 2.25. The highest BCUT2D eigenvalue weighted by molar-refractivity contribution is 7.82. The Balaban J connectivity index is 4.57. The number of ether oxygens (including phenoxy) is 2. The monoisotopic (exact) mass is 286 g/mol. The van der Waals surface area contributed by atoms with Gasteiger partial charge in [-0.1, -0.05) is 13.2 Å². The molecule has 0 aliphatic rings. The van der Waals surface area contributed by atoms with Crippen LogP contribution in [0.4, 0.5) is 0 Å². The summed E-state index contributed by atoms with van der Waals surface area (Å²) in [4.78, 5) is 21.5. The van der Waals surface area contributed by atoms with Gasteiger partial charge < -0.3 is 9.47 Å². The van der Waals surface area contributed by atoms with E-state index in [1.165, 1.54) is 6.08 Å². The largest absolute Gasteiger partial charge is 0.456 e. The number of hydrogen-bond acceptors (Lipinski definition) is 5. The van der Waals surface area contributed by atoms with Gasteiger partial charge in [-0.15, -0.1) is 12.6 Å². The topological polar surface area (TPSA) is 52.6 Å². The van der Waals surface area contributed by atoms with Crippen LogP contribution in [0.5, 0.6) is 0 Å². The first-order valence-corrected chi connectivity index (χ1v) is 6.41. The van der Waals surface area contributed by atoms with Gasteiger partial charge in [0.1, 0.15) is 5.60 Å². The van der Waals surface area contributed by atoms with Gasteiger partial charge >= 0.3 is 5.97 Å². The van der Waals surface area contributed by atoms with E-state index in [2.05, 4.69) is 25.8 Å². The normalized spacial score (nSPS) is 16.1. The average molecular weight is 286 g/mol. The van der Waals surface area contributed by atoms with Gasteiger partial charge in [-0.3, -0.25) is 4.79 Å². The van der Waals surface area contributed by atoms with Crippen molar-refractivity contribution in [3.8, 4) is 0 Å². The van der Waals surface area contributed by atoms with Crippen molar-refractivity contribution in [1.29, 1.82) is 0 Å². The third kappa shape index (κ3) is 6.59. The third-order valence-corrected chi connectivity index (χ3v) is 2.72. The zero-order chi connectivity index (χ0) is 15.3. The molecular formula is C14H22O4S. The molecule has 0 bridgehead atoms. The first kappa shape index (κ1) is 17.9. The summed E-state index contributed by atoms with van der Waals surface area (Å²) in [6, 6.07) is 0. The van der Waals surface area contributed by atoms with Crippen molar-refractivity contribution in [3.63, 3.8) is 0 Å². The molecule has 0 fully saturated rings. The molecule has 0 spiro atoms. The van der Waals surface area contributed by atoms with Crippen LogP contribution < -0.4 is 0 Å². The number of carbonyl (C=O) groups is 2. The maximum absolute atomic E-state index is 11.5. The van der Waals surface area contributed by atoms with Crippen LogP contribution in [0.3, 0.4) is 0 Å². The van der Waals surface area contributed by atoms with Gasteiger partial charge in [0.05, 0.1) is 6.10 Å². The Hall–Kier alpha value is -1.07. The van der Waals surface area contributed by atoms with E-state index in [1.807, 2.05) is 0 Å². The number of hydrogen-bond donors (Lipinski definition) is 1. The van der Waals surface area contributed by atoms with Crippen LogP contribution >= 0.6 is 12.6 Å². The molecule has 5 heteroatoms. The van der Waals surface area contributed by atoms with E-state index < -0.39 is 16.5 Å². The summed E-state index contributed by atoms with van der Waals surface area (Å²) in [5.41, 5.74) is -0.716. The Morgan fingerprint density at radius 1 is 1.26 bits per heavy atom. The molecular weight excluding hydrogens is 264 g/mol. The second-order valence-corrected chi connectivity index (χ2v) is 5.92. The summed E-state index contributed by atoms with van der Waals surface area (Å²) in [5, 5.41) is 0. The van der Waals surface area contributed by atoms with Crippen LogP contribution in [0.1, 0.15) is 34.1 Å². The Morgan fingerprint density at radius 3 is 2.21 bits per heavy atom. The standard InChI is InChI=1S/C14H22O4S/c1-7-11(15)14(6,19)17-10(3)9-13(4,5)18-12(16)8-2/h7-8,10,19H,1-2,9H2,3-6H3. The molecule has 0 aromatic carbocycles. The summed E-state index contributed by atoms with van der Waals surface area (Å²) in [6.45, 7) is 13.6. The van der Waals surface area contributed by atoms with Crippen molar-refractivity contribution >= 4 is 24.4 Å². The Labute approximate surface area is 120 Å². The van der Waals surface area contributed by atoms with E-state index in [9.17, 15) is 9.59 Å². The van der Waals surface area contributed by atoms with Gasteiger partial charge in [0.15, 0.2) is 10.7 Å². The average Bonchev–Trinajstić information content (AvgIpc) is 2.24. The molecule has 0 amide bonds. The van der Waals surface area contributed by atoms with E-state index in [-0.39, 0.29) is 11.9 Å². The fourth-order valence-electron chi connectivity index (χ4n) is 1.73. The molecule has 0 aliphatic carbocycles. The number of carbonyl (C=O) groups excluding carboxylic acids is 2. The predicted octanol–water partition coefficient (Wildman–Crippen LogP) is 2.69. The maximum atomic E-state index is 11.5. The second kappa shape index (κ2) is 6.91. The molecule has 0 heterocycles. The summed E-state index contributed by atoms with van der Waals surface area (Å²) in [7, 11) is 0. The quantitative estimate of drug-likeness (QED) is 0.322. The van der Waals surface area contributed by atoms with E-state index in [1.54, 1.807) is 27.7 Å². The van der Waals surface area contributed by atoms with Crippen LogP contribution in [0.15, 0.2) is 25.3 Å². The lowest BCUT2D eigenvalue weighted by molar-refractivity contribution is -0.156. The highest BCUT2D eigenvalue weighted by Gasteiger charge is 2.32. The van der Waals surface area contributed by atoms with Gasteiger partial charge in [-0.25, -0.2) is 4.79 Å². The minimum absolute atomic E-state index is 0.316. The molecule has 0 rings (SSSR count). The Morgan fingerprint density at radius 2 is 1.79 bits per heavy atom. The molecule has 0 N–H and O–H groups in total. The molecule has 108 valence electrons. The van der Waals surface area contributed by atoms with E-state index in [0.717, 1.165) is 6.08 Å². The maximum Gasteiger partial charge on any atom is 0.330 e. The number of ketones is 1. The first-order chi connectivity index (χ1) is 8.54. The number of esters is 1. The molecule has 0 aromatic rings. The van der Waals surface area contributed by atoms with E-state index >= 15 is 0 Å². The fourth-order valence-corrected chi connectivity index (χ4v) is 2.00. The van der Waals surface area contributed by atoms with Crippen LogP contribution in [0.2, 0.25) is 0 Å². The molecule has 2 unspecified atom stereocenters. The minimum atomic E-state index is -1.24. The van der Waals surface area contributed by atoms with Crippen LogP contribution in [-0.4, -0.2) is 28.4 Å². The number of thiol groups is 1. The first-order valence-electron chi connectivity index (χ1n) is 5.96. The van der Waals surface area contributed by atoms with E-state index in [4.69, 9.17) is 9.47 Å². The second-order valence-electron chi connectivity index (χ2n) is 5.07. The van der Waals surface area contributed by atoms with Crippen molar-refractivity contribution in [2.75, 3.05) is 0 Å². The summed E-state index contributed by atoms with van der Waals surface area (Å²) in [5.74, 6) is -0.809. The Kier molecular flexibility index (Phi) is 6.52. The Bertz CT molecular complexity index is 372. The number of rotatable bonds is 8. The van der Waals surface area contributed by atoms with E-state index in [0.29, 0.717) is 6.42 Å². The predicted molar refractivity (Wildman–Crippen MR) is 78.1 cm³/mol. The minimum Gasteiger partial charge on any atom is -0.456 e. The SMILES string of the molecule is C=CC(=O)OC(C)(C)CC(C)OC(C)(S)C(=O)C=C. The van der Waals surface area contributed by atoms with Crippen LogP contribution in [0, 0.1) is 0 Å². The lowest BCUT2D eigenvalue weighted by Gasteiger charge is -2.31. The van der Waals surface area contributed by atoms with Crippen molar-refractivity contribution in [3.05, 3.63) is 25.3 Å². The molecule has 19 heavy (non-hydrogen) atoms. The molecule has 0 aromatic heterocycles. The molecule has 0 aliphatic heterocycles. The fraction of sp³-hybridized carbons (Fsp3) is 0.571. The zero-order valence-electron chi connectivity index (χ0n) is 11.9. The third-order valence-electron chi connectivity index (χ3n) is 2.40. The van der Waals surface area contributed by atoms with Gasteiger partial charge in [-0.05, 0) is 33.8 Å². The summed E-state index contributed by atoms with van der Waals surface area (Å²) in [6.07, 6.45) is 2.38. The van der Waals surface area contributed by atoms with Crippen molar-refractivity contribution in [2.24, 2.45) is 0 Å². The molecule has 0 radical (unpaired) electrons. The molecule has 0 saturated heterocycles. The van der Waals surface area contributed by atoms with Crippen molar-refractivity contribution < 1.29 is 19.1 Å². The van der Waals surface area contributed by atoms with Gasteiger partial charge in [0, 0.05) is 12.5 Å². The van der Waals surface area contributed by atoms with Crippen molar-refractivity contribution in [1.82, 2.24) is 0 Å². The molecule has 2 atom stereocenters. The highest BCUT2D eigenvalue weighted by atomic mass is 32.1. The smallest absolute Gasteiger partial charge is 0.330 e. The van der Waals surface area contributed by atoms with Crippen LogP contribution in [0.25, 0.3) is 0 Å². The summed E-state index contributed by atoms with van der Waals surface area (Å²) >= 11 is 4.17. The lowest BCUT2D eigenvalue weighted by Crippen LogP contribution is -2.38.